The third-order valence-electron chi connectivity index (χ3n) is 10.5. The minimum atomic E-state index is 0.970. The molecule has 9 aromatic rings. The zero-order chi connectivity index (χ0) is 32.5. The maximum Gasteiger partial charge on any atom is 0.0975 e. The molecule has 0 N–H and O–H groups in total. The van der Waals surface area contributed by atoms with E-state index in [9.17, 15) is 0 Å². The summed E-state index contributed by atoms with van der Waals surface area (Å²) < 4.78 is 0. The van der Waals surface area contributed by atoms with Crippen molar-refractivity contribution in [2.75, 3.05) is 0 Å². The molecule has 0 atom stereocenters. The molecule has 0 bridgehead atoms. The molecule has 0 aliphatic rings. The highest BCUT2D eigenvalue weighted by Crippen LogP contribution is 2.39. The average Bonchev–Trinajstić information content (AvgIpc) is 3.14. The van der Waals surface area contributed by atoms with Gasteiger partial charge in [0.2, 0.25) is 0 Å². The first-order chi connectivity index (χ1) is 23.5. The molecule has 48 heavy (non-hydrogen) atoms. The number of benzene rings is 7. The number of aryl methyl sites for hydroxylation is 3. The zero-order valence-electron chi connectivity index (χ0n) is 27.6. The molecule has 228 valence electrons. The number of rotatable bonds is 3. The van der Waals surface area contributed by atoms with Crippen LogP contribution < -0.4 is 0 Å². The maximum absolute atomic E-state index is 5.32. The van der Waals surface area contributed by atoms with E-state index in [0.29, 0.717) is 0 Å². The molecule has 0 amide bonds. The van der Waals surface area contributed by atoms with E-state index in [1.165, 1.54) is 87.6 Å². The molecule has 0 aliphatic heterocycles. The largest absolute Gasteiger partial charge is 0.254 e. The van der Waals surface area contributed by atoms with E-state index >= 15 is 0 Å². The molecule has 0 unspecified atom stereocenters. The molecule has 0 radical (unpaired) electrons. The molecule has 0 saturated carbocycles. The quantitative estimate of drug-likeness (QED) is 0.185. The summed E-state index contributed by atoms with van der Waals surface area (Å²) in [4.78, 5) is 10.2. The fourth-order valence-corrected chi connectivity index (χ4v) is 7.57. The van der Waals surface area contributed by atoms with Gasteiger partial charge in [-0.1, -0.05) is 109 Å². The number of hydrogen-bond acceptors (Lipinski definition) is 2. The molecule has 0 spiro atoms. The van der Waals surface area contributed by atoms with E-state index in [2.05, 4.69) is 155 Å². The predicted molar refractivity (Wildman–Crippen MR) is 205 cm³/mol. The minimum absolute atomic E-state index is 0.970. The van der Waals surface area contributed by atoms with Gasteiger partial charge in [0.1, 0.15) is 0 Å². The summed E-state index contributed by atoms with van der Waals surface area (Å²) in [7, 11) is 0. The van der Waals surface area contributed by atoms with Gasteiger partial charge in [-0.05, 0) is 123 Å². The first kappa shape index (κ1) is 28.4. The first-order valence-electron chi connectivity index (χ1n) is 16.7. The van der Waals surface area contributed by atoms with E-state index in [-0.39, 0.29) is 0 Å². The van der Waals surface area contributed by atoms with Crippen molar-refractivity contribution in [3.8, 4) is 33.5 Å². The Balaban J connectivity index is 1.16. The van der Waals surface area contributed by atoms with Gasteiger partial charge in [-0.15, -0.1) is 0 Å². The van der Waals surface area contributed by atoms with Crippen LogP contribution in [-0.4, -0.2) is 9.97 Å². The normalized spacial score (nSPS) is 11.8. The zero-order valence-corrected chi connectivity index (χ0v) is 27.6. The van der Waals surface area contributed by atoms with Gasteiger partial charge in [0.25, 0.3) is 0 Å². The summed E-state index contributed by atoms with van der Waals surface area (Å²) in [5.41, 5.74) is 13.8. The smallest absolute Gasteiger partial charge is 0.0975 e. The second kappa shape index (κ2) is 10.9. The van der Waals surface area contributed by atoms with Crippen molar-refractivity contribution < 1.29 is 0 Å². The SMILES string of the molecule is Cc1cnc2c(ccc3c(C)c(C)c(-c4cccc(-c5cccc(-c6ccc7c8ccccc8c8ccccc8c7c6)c5)c4)nc32)c1C. The Morgan fingerprint density at radius 3 is 1.46 bits per heavy atom. The van der Waals surface area contributed by atoms with Crippen LogP contribution in [0, 0.1) is 27.7 Å². The summed E-state index contributed by atoms with van der Waals surface area (Å²) in [5.74, 6) is 0. The number of hydrogen-bond donors (Lipinski definition) is 0. The predicted octanol–water partition coefficient (Wildman–Crippen LogP) is 12.5. The third kappa shape index (κ3) is 4.33. The van der Waals surface area contributed by atoms with Crippen molar-refractivity contribution in [3.05, 3.63) is 156 Å². The second-order valence-electron chi connectivity index (χ2n) is 13.1. The molecular formula is C46H34N2. The highest BCUT2D eigenvalue weighted by atomic mass is 14.8. The Kier molecular flexibility index (Phi) is 6.42. The van der Waals surface area contributed by atoms with E-state index in [0.717, 1.165) is 22.3 Å². The number of aromatic nitrogens is 2. The first-order valence-corrected chi connectivity index (χ1v) is 16.7. The van der Waals surface area contributed by atoms with Crippen LogP contribution in [-0.2, 0) is 0 Å². The Morgan fingerprint density at radius 1 is 0.354 bits per heavy atom. The van der Waals surface area contributed by atoms with E-state index in [1.807, 2.05) is 6.20 Å². The minimum Gasteiger partial charge on any atom is -0.254 e. The topological polar surface area (TPSA) is 25.8 Å². The van der Waals surface area contributed by atoms with Gasteiger partial charge < -0.3 is 0 Å². The fraction of sp³-hybridized carbons (Fsp3) is 0.0870. The van der Waals surface area contributed by atoms with Crippen molar-refractivity contribution in [1.82, 2.24) is 9.97 Å². The van der Waals surface area contributed by atoms with Gasteiger partial charge in [-0.25, -0.2) is 4.98 Å². The van der Waals surface area contributed by atoms with E-state index in [4.69, 9.17) is 9.97 Å². The lowest BCUT2D eigenvalue weighted by Crippen LogP contribution is -1.97. The monoisotopic (exact) mass is 614 g/mol. The fourth-order valence-electron chi connectivity index (χ4n) is 7.57. The van der Waals surface area contributed by atoms with Gasteiger partial charge in [-0.3, -0.25) is 4.98 Å². The molecule has 2 heteroatoms. The van der Waals surface area contributed by atoms with Crippen LogP contribution >= 0.6 is 0 Å². The molecule has 0 aliphatic carbocycles. The van der Waals surface area contributed by atoms with Crippen LogP contribution in [0.25, 0.3) is 87.6 Å². The Hall–Kier alpha value is -5.86. The van der Waals surface area contributed by atoms with Crippen LogP contribution in [0.2, 0.25) is 0 Å². The number of fused-ring (bicyclic) bond motifs is 9. The second-order valence-corrected chi connectivity index (χ2v) is 13.1. The van der Waals surface area contributed by atoms with Crippen LogP contribution in [0.1, 0.15) is 22.3 Å². The van der Waals surface area contributed by atoms with Crippen molar-refractivity contribution in [2.24, 2.45) is 0 Å². The van der Waals surface area contributed by atoms with Gasteiger partial charge in [0.05, 0.1) is 16.7 Å². The Bertz CT molecular complexity index is 2740. The van der Waals surface area contributed by atoms with Crippen molar-refractivity contribution in [1.29, 1.82) is 0 Å². The summed E-state index contributed by atoms with van der Waals surface area (Å²) in [6.45, 7) is 8.69. The highest BCUT2D eigenvalue weighted by Gasteiger charge is 2.16. The lowest BCUT2D eigenvalue weighted by atomic mass is 9.91. The molecule has 7 aromatic carbocycles. The summed E-state index contributed by atoms with van der Waals surface area (Å²) in [6.07, 6.45) is 1.97. The lowest BCUT2D eigenvalue weighted by Gasteiger charge is -2.15. The molecule has 2 heterocycles. The molecule has 2 aromatic heterocycles. The van der Waals surface area contributed by atoms with Crippen LogP contribution in [0.5, 0.6) is 0 Å². The van der Waals surface area contributed by atoms with Crippen molar-refractivity contribution in [2.45, 2.75) is 27.7 Å². The third-order valence-corrected chi connectivity index (χ3v) is 10.5. The molecule has 2 nitrogen and oxygen atoms in total. The van der Waals surface area contributed by atoms with Crippen LogP contribution in [0.3, 0.4) is 0 Å². The molecule has 9 rings (SSSR count). The average molecular weight is 615 g/mol. The molecule has 0 saturated heterocycles. The maximum atomic E-state index is 5.32. The number of pyridine rings is 2. The van der Waals surface area contributed by atoms with E-state index in [1.54, 1.807) is 0 Å². The summed E-state index contributed by atoms with van der Waals surface area (Å²) in [5, 5.41) is 10.1. The lowest BCUT2D eigenvalue weighted by molar-refractivity contribution is 1.25. The number of nitrogens with zero attached hydrogens (tertiary/aromatic N) is 2. The van der Waals surface area contributed by atoms with Crippen LogP contribution in [0.15, 0.2) is 134 Å². The summed E-state index contributed by atoms with van der Waals surface area (Å²) >= 11 is 0. The van der Waals surface area contributed by atoms with Crippen LogP contribution in [0.4, 0.5) is 0 Å². The summed E-state index contributed by atoms with van der Waals surface area (Å²) in [6, 6.07) is 46.6. The molecule has 0 fully saturated rings. The van der Waals surface area contributed by atoms with Gasteiger partial charge in [0.15, 0.2) is 0 Å². The Labute approximate surface area is 280 Å². The van der Waals surface area contributed by atoms with Gasteiger partial charge >= 0.3 is 0 Å². The van der Waals surface area contributed by atoms with Gasteiger partial charge in [-0.2, -0.15) is 0 Å². The highest BCUT2D eigenvalue weighted by molar-refractivity contribution is 6.25. The standard InChI is InChI=1S/C46H34N2/c1-27-26-47-45-36(28(27)2)21-22-37-29(3)30(4)44(48-46(37)45)35-14-10-13-33(24-35)31-11-9-12-32(23-31)34-19-20-42-40-17-6-5-15-38(40)39-16-7-8-18-41(39)43(42)25-34/h5-26H,1-4H3. The van der Waals surface area contributed by atoms with E-state index < -0.39 is 0 Å². The Morgan fingerprint density at radius 2 is 0.833 bits per heavy atom. The molecular weight excluding hydrogens is 581 g/mol. The van der Waals surface area contributed by atoms with Crippen molar-refractivity contribution >= 4 is 54.1 Å². The van der Waals surface area contributed by atoms with Gasteiger partial charge in [0, 0.05) is 22.5 Å². The van der Waals surface area contributed by atoms with Crippen molar-refractivity contribution in [3.63, 3.8) is 0 Å².